The van der Waals surface area contributed by atoms with E-state index in [1.165, 1.54) is 0 Å². The molecule has 0 aliphatic carbocycles. The molecule has 1 N–H and O–H groups in total. The molecule has 2 aromatic rings. The first kappa shape index (κ1) is 11.9. The van der Waals surface area contributed by atoms with E-state index in [-0.39, 0.29) is 0 Å². The highest BCUT2D eigenvalue weighted by molar-refractivity contribution is 5.26. The summed E-state index contributed by atoms with van der Waals surface area (Å²) in [5, 5.41) is 14.8. The predicted octanol–water partition coefficient (Wildman–Crippen LogP) is 2.68. The SMILES string of the molecule is CCCn1nc(C)cc1C(O)c1ccccc1. The van der Waals surface area contributed by atoms with Crippen molar-refractivity contribution in [2.45, 2.75) is 32.9 Å². The predicted molar refractivity (Wildman–Crippen MR) is 67.8 cm³/mol. The Hall–Kier alpha value is -1.61. The van der Waals surface area contributed by atoms with E-state index in [1.807, 2.05) is 48.0 Å². The Bertz CT molecular complexity index is 476. The fourth-order valence-corrected chi connectivity index (χ4v) is 1.98. The number of aliphatic hydroxyl groups excluding tert-OH is 1. The van der Waals surface area contributed by atoms with Crippen molar-refractivity contribution in [1.29, 1.82) is 0 Å². The van der Waals surface area contributed by atoms with E-state index in [0.717, 1.165) is 29.9 Å². The number of aliphatic hydroxyl groups is 1. The van der Waals surface area contributed by atoms with Crippen LogP contribution in [0, 0.1) is 6.92 Å². The Morgan fingerprint density at radius 1 is 1.29 bits per heavy atom. The molecule has 0 bridgehead atoms. The Labute approximate surface area is 102 Å². The molecule has 0 radical (unpaired) electrons. The topological polar surface area (TPSA) is 38.0 Å². The molecule has 0 saturated heterocycles. The van der Waals surface area contributed by atoms with Crippen LogP contribution in [-0.4, -0.2) is 14.9 Å². The summed E-state index contributed by atoms with van der Waals surface area (Å²) in [6.45, 7) is 4.90. The summed E-state index contributed by atoms with van der Waals surface area (Å²) in [5.74, 6) is 0. The van der Waals surface area contributed by atoms with Crippen LogP contribution in [0.1, 0.15) is 36.4 Å². The lowest BCUT2D eigenvalue weighted by Gasteiger charge is -2.13. The van der Waals surface area contributed by atoms with Crippen LogP contribution < -0.4 is 0 Å². The molecule has 0 fully saturated rings. The zero-order chi connectivity index (χ0) is 12.3. The van der Waals surface area contributed by atoms with Gasteiger partial charge in [-0.15, -0.1) is 0 Å². The molecule has 0 amide bonds. The van der Waals surface area contributed by atoms with Gasteiger partial charge in [0.15, 0.2) is 0 Å². The van der Waals surface area contributed by atoms with Crippen LogP contribution in [0.15, 0.2) is 36.4 Å². The van der Waals surface area contributed by atoms with Crippen LogP contribution in [0.25, 0.3) is 0 Å². The normalized spacial score (nSPS) is 12.6. The van der Waals surface area contributed by atoms with Crippen molar-refractivity contribution < 1.29 is 5.11 Å². The summed E-state index contributed by atoms with van der Waals surface area (Å²) in [7, 11) is 0. The molecule has 1 aromatic heterocycles. The summed E-state index contributed by atoms with van der Waals surface area (Å²) in [6, 6.07) is 11.6. The number of rotatable bonds is 4. The van der Waals surface area contributed by atoms with E-state index >= 15 is 0 Å². The molecule has 1 atom stereocenters. The molecule has 0 aliphatic heterocycles. The third kappa shape index (κ3) is 2.56. The maximum absolute atomic E-state index is 10.4. The second-order valence-corrected chi connectivity index (χ2v) is 4.25. The molecule has 3 heteroatoms. The fraction of sp³-hybridized carbons (Fsp3) is 0.357. The second kappa shape index (κ2) is 5.15. The molecular weight excluding hydrogens is 212 g/mol. The first-order valence-corrected chi connectivity index (χ1v) is 5.99. The highest BCUT2D eigenvalue weighted by Crippen LogP contribution is 2.22. The first-order valence-electron chi connectivity index (χ1n) is 5.99. The quantitative estimate of drug-likeness (QED) is 0.877. The molecule has 3 nitrogen and oxygen atoms in total. The van der Waals surface area contributed by atoms with Gasteiger partial charge in [-0.3, -0.25) is 4.68 Å². The van der Waals surface area contributed by atoms with Gasteiger partial charge in [-0.05, 0) is 25.0 Å². The van der Waals surface area contributed by atoms with Crippen molar-refractivity contribution >= 4 is 0 Å². The number of aromatic nitrogens is 2. The average Bonchev–Trinajstić information content (AvgIpc) is 2.71. The van der Waals surface area contributed by atoms with Gasteiger partial charge in [0.2, 0.25) is 0 Å². The maximum Gasteiger partial charge on any atom is 0.121 e. The van der Waals surface area contributed by atoms with Gasteiger partial charge in [0.05, 0.1) is 11.4 Å². The van der Waals surface area contributed by atoms with Gasteiger partial charge in [0.1, 0.15) is 6.10 Å². The fourth-order valence-electron chi connectivity index (χ4n) is 1.98. The van der Waals surface area contributed by atoms with Gasteiger partial charge >= 0.3 is 0 Å². The highest BCUT2D eigenvalue weighted by atomic mass is 16.3. The molecule has 1 unspecified atom stereocenters. The summed E-state index contributed by atoms with van der Waals surface area (Å²) >= 11 is 0. The zero-order valence-electron chi connectivity index (χ0n) is 10.3. The minimum absolute atomic E-state index is 0.594. The van der Waals surface area contributed by atoms with Crippen molar-refractivity contribution in [3.05, 3.63) is 53.3 Å². The van der Waals surface area contributed by atoms with Crippen molar-refractivity contribution in [1.82, 2.24) is 9.78 Å². The van der Waals surface area contributed by atoms with E-state index in [2.05, 4.69) is 12.0 Å². The number of benzene rings is 1. The van der Waals surface area contributed by atoms with Crippen LogP contribution in [0.4, 0.5) is 0 Å². The third-order valence-corrected chi connectivity index (χ3v) is 2.76. The molecule has 1 aromatic carbocycles. The maximum atomic E-state index is 10.4. The minimum Gasteiger partial charge on any atom is -0.382 e. The Morgan fingerprint density at radius 3 is 2.65 bits per heavy atom. The van der Waals surface area contributed by atoms with Gasteiger partial charge < -0.3 is 5.11 Å². The lowest BCUT2D eigenvalue weighted by Crippen LogP contribution is -2.10. The van der Waals surface area contributed by atoms with Crippen LogP contribution >= 0.6 is 0 Å². The van der Waals surface area contributed by atoms with Gasteiger partial charge in [0, 0.05) is 6.54 Å². The lowest BCUT2D eigenvalue weighted by atomic mass is 10.1. The average molecular weight is 230 g/mol. The van der Waals surface area contributed by atoms with Crippen LogP contribution in [0.5, 0.6) is 0 Å². The largest absolute Gasteiger partial charge is 0.382 e. The van der Waals surface area contributed by atoms with Crippen molar-refractivity contribution in [2.24, 2.45) is 0 Å². The summed E-state index contributed by atoms with van der Waals surface area (Å²) in [6.07, 6.45) is 0.416. The summed E-state index contributed by atoms with van der Waals surface area (Å²) < 4.78 is 1.90. The van der Waals surface area contributed by atoms with Gasteiger partial charge in [-0.25, -0.2) is 0 Å². The van der Waals surface area contributed by atoms with E-state index in [0.29, 0.717) is 0 Å². The summed E-state index contributed by atoms with van der Waals surface area (Å²) in [4.78, 5) is 0. The lowest BCUT2D eigenvalue weighted by molar-refractivity contribution is 0.207. The third-order valence-electron chi connectivity index (χ3n) is 2.76. The molecule has 2 rings (SSSR count). The molecule has 1 heterocycles. The number of aryl methyl sites for hydroxylation is 2. The molecule has 0 saturated carbocycles. The van der Waals surface area contributed by atoms with Crippen LogP contribution in [0.2, 0.25) is 0 Å². The van der Waals surface area contributed by atoms with Crippen LogP contribution in [-0.2, 0) is 6.54 Å². The molecule has 90 valence electrons. The van der Waals surface area contributed by atoms with E-state index in [9.17, 15) is 5.11 Å². The standard InChI is InChI=1S/C14H18N2O/c1-3-9-16-13(10-11(2)15-16)14(17)12-7-5-4-6-8-12/h4-8,10,14,17H,3,9H2,1-2H3. The molecule has 0 aliphatic rings. The van der Waals surface area contributed by atoms with Crippen molar-refractivity contribution in [2.75, 3.05) is 0 Å². The van der Waals surface area contributed by atoms with Gasteiger partial charge in [0.25, 0.3) is 0 Å². The Morgan fingerprint density at radius 2 is 2.00 bits per heavy atom. The van der Waals surface area contributed by atoms with Crippen molar-refractivity contribution in [3.8, 4) is 0 Å². The summed E-state index contributed by atoms with van der Waals surface area (Å²) in [5.41, 5.74) is 2.73. The number of nitrogens with zero attached hydrogens (tertiary/aromatic N) is 2. The van der Waals surface area contributed by atoms with Crippen LogP contribution in [0.3, 0.4) is 0 Å². The minimum atomic E-state index is -0.594. The highest BCUT2D eigenvalue weighted by Gasteiger charge is 2.15. The van der Waals surface area contributed by atoms with E-state index < -0.39 is 6.10 Å². The Balaban J connectivity index is 2.33. The molecular formula is C14H18N2O. The number of hydrogen-bond acceptors (Lipinski definition) is 2. The Kier molecular flexibility index (Phi) is 3.59. The van der Waals surface area contributed by atoms with Gasteiger partial charge in [-0.2, -0.15) is 5.10 Å². The number of hydrogen-bond donors (Lipinski definition) is 1. The first-order chi connectivity index (χ1) is 8.22. The molecule has 17 heavy (non-hydrogen) atoms. The smallest absolute Gasteiger partial charge is 0.121 e. The monoisotopic (exact) mass is 230 g/mol. The van der Waals surface area contributed by atoms with Crippen molar-refractivity contribution in [3.63, 3.8) is 0 Å². The zero-order valence-corrected chi connectivity index (χ0v) is 10.3. The van der Waals surface area contributed by atoms with E-state index in [4.69, 9.17) is 0 Å². The van der Waals surface area contributed by atoms with Gasteiger partial charge in [-0.1, -0.05) is 37.3 Å². The van der Waals surface area contributed by atoms with E-state index in [1.54, 1.807) is 0 Å². The second-order valence-electron chi connectivity index (χ2n) is 4.25. The molecule has 0 spiro atoms.